The quantitative estimate of drug-likeness (QED) is 0.557. The third kappa shape index (κ3) is 2.97. The van der Waals surface area contributed by atoms with Crippen molar-refractivity contribution in [3.8, 4) is 0 Å². The van der Waals surface area contributed by atoms with Crippen LogP contribution < -0.4 is 0 Å². The van der Waals surface area contributed by atoms with E-state index in [-0.39, 0.29) is 5.75 Å². The number of rotatable bonds is 4. The molecule has 1 rings (SSSR count). The molecule has 0 amide bonds. The van der Waals surface area contributed by atoms with Crippen molar-refractivity contribution in [3.63, 3.8) is 0 Å². The molecule has 14 heavy (non-hydrogen) atoms. The van der Waals surface area contributed by atoms with E-state index >= 15 is 0 Å². The van der Waals surface area contributed by atoms with Gasteiger partial charge in [-0.1, -0.05) is 11.8 Å². The summed E-state index contributed by atoms with van der Waals surface area (Å²) in [7, 11) is 0. The van der Waals surface area contributed by atoms with Gasteiger partial charge in [-0.05, 0) is 13.0 Å². The van der Waals surface area contributed by atoms with Crippen LogP contribution in [0.25, 0.3) is 0 Å². The maximum absolute atomic E-state index is 10.5. The Morgan fingerprint density at radius 3 is 2.64 bits per heavy atom. The molecule has 0 aliphatic heterocycles. The number of thioether (sulfide) groups is 1. The molecule has 0 saturated carbocycles. The molecule has 0 radical (unpaired) electrons. The molecule has 0 aliphatic carbocycles. The second-order valence-corrected chi connectivity index (χ2v) is 3.84. The summed E-state index contributed by atoms with van der Waals surface area (Å²) in [6.45, 7) is 1.24. The zero-order chi connectivity index (χ0) is 10.6. The third-order valence-corrected chi connectivity index (χ3v) is 2.66. The number of nitrogens with zero attached hydrogens (tertiary/aromatic N) is 2. The number of carboxylic acids is 1. The van der Waals surface area contributed by atoms with Crippen molar-refractivity contribution in [2.75, 3.05) is 5.75 Å². The lowest BCUT2D eigenvalue weighted by Crippen LogP contribution is -2.37. The highest BCUT2D eigenvalue weighted by Gasteiger charge is 2.30. The van der Waals surface area contributed by atoms with Gasteiger partial charge >= 0.3 is 5.97 Å². The maximum Gasteiger partial charge on any atom is 0.336 e. The van der Waals surface area contributed by atoms with E-state index in [0.29, 0.717) is 5.16 Å². The Kier molecular flexibility index (Phi) is 3.43. The third-order valence-electron chi connectivity index (χ3n) is 1.49. The van der Waals surface area contributed by atoms with Crippen molar-refractivity contribution in [1.82, 2.24) is 9.97 Å². The average molecular weight is 214 g/mol. The number of hydrogen-bond donors (Lipinski definition) is 2. The van der Waals surface area contributed by atoms with Crippen LogP contribution in [0.15, 0.2) is 23.6 Å². The van der Waals surface area contributed by atoms with Gasteiger partial charge in [-0.25, -0.2) is 14.8 Å². The van der Waals surface area contributed by atoms with Gasteiger partial charge in [0.05, 0.1) is 0 Å². The molecule has 6 heteroatoms. The lowest BCUT2D eigenvalue weighted by molar-refractivity contribution is -0.154. The van der Waals surface area contributed by atoms with Crippen LogP contribution >= 0.6 is 11.8 Å². The van der Waals surface area contributed by atoms with Gasteiger partial charge < -0.3 is 10.2 Å². The summed E-state index contributed by atoms with van der Waals surface area (Å²) in [6, 6.07) is 1.67. The van der Waals surface area contributed by atoms with E-state index in [1.165, 1.54) is 6.92 Å². The first-order chi connectivity index (χ1) is 6.52. The van der Waals surface area contributed by atoms with Gasteiger partial charge in [0, 0.05) is 18.1 Å². The molecule has 0 bridgehead atoms. The van der Waals surface area contributed by atoms with Gasteiger partial charge in [0.25, 0.3) is 0 Å². The molecular weight excluding hydrogens is 204 g/mol. The number of aliphatic hydroxyl groups is 1. The Hall–Kier alpha value is -1.14. The fraction of sp³-hybridized carbons (Fsp3) is 0.375. The van der Waals surface area contributed by atoms with Crippen molar-refractivity contribution in [2.24, 2.45) is 0 Å². The molecule has 0 aliphatic rings. The number of carboxylic acid groups (broad SMARTS) is 1. The molecule has 0 aromatic carbocycles. The molecule has 76 valence electrons. The molecule has 1 aromatic heterocycles. The Balaban J connectivity index is 2.53. The van der Waals surface area contributed by atoms with Crippen LogP contribution in [-0.2, 0) is 4.79 Å². The van der Waals surface area contributed by atoms with Crippen LogP contribution in [0.1, 0.15) is 6.92 Å². The van der Waals surface area contributed by atoms with Crippen molar-refractivity contribution in [1.29, 1.82) is 0 Å². The summed E-state index contributed by atoms with van der Waals surface area (Å²) >= 11 is 1.10. The first-order valence-corrected chi connectivity index (χ1v) is 4.86. The van der Waals surface area contributed by atoms with E-state index in [1.54, 1.807) is 18.5 Å². The molecule has 1 unspecified atom stereocenters. The van der Waals surface area contributed by atoms with Crippen LogP contribution in [0.3, 0.4) is 0 Å². The summed E-state index contributed by atoms with van der Waals surface area (Å²) in [4.78, 5) is 18.3. The predicted octanol–water partition coefficient (Wildman–Crippen LogP) is 0.404. The van der Waals surface area contributed by atoms with Crippen LogP contribution in [0.5, 0.6) is 0 Å². The Labute approximate surface area is 85.2 Å². The van der Waals surface area contributed by atoms with E-state index in [4.69, 9.17) is 5.11 Å². The first-order valence-electron chi connectivity index (χ1n) is 3.88. The average Bonchev–Trinajstić information content (AvgIpc) is 2.16. The highest BCUT2D eigenvalue weighted by atomic mass is 32.2. The molecule has 5 nitrogen and oxygen atoms in total. The van der Waals surface area contributed by atoms with Gasteiger partial charge in [-0.3, -0.25) is 0 Å². The first kappa shape index (κ1) is 10.9. The minimum atomic E-state index is -1.75. The second-order valence-electron chi connectivity index (χ2n) is 2.90. The van der Waals surface area contributed by atoms with E-state index < -0.39 is 11.6 Å². The van der Waals surface area contributed by atoms with Gasteiger partial charge in [0.15, 0.2) is 10.8 Å². The van der Waals surface area contributed by atoms with Gasteiger partial charge in [-0.15, -0.1) is 0 Å². The summed E-state index contributed by atoms with van der Waals surface area (Å²) < 4.78 is 0. The van der Waals surface area contributed by atoms with Crippen LogP contribution in [0, 0.1) is 0 Å². The minimum Gasteiger partial charge on any atom is -0.479 e. The molecule has 1 atom stereocenters. The van der Waals surface area contributed by atoms with E-state index in [0.717, 1.165) is 11.8 Å². The van der Waals surface area contributed by atoms with Crippen LogP contribution in [0.2, 0.25) is 0 Å². The number of hydrogen-bond acceptors (Lipinski definition) is 5. The van der Waals surface area contributed by atoms with Crippen molar-refractivity contribution in [3.05, 3.63) is 18.5 Å². The van der Waals surface area contributed by atoms with E-state index in [9.17, 15) is 9.90 Å². The predicted molar refractivity (Wildman–Crippen MR) is 51.0 cm³/mol. The minimum absolute atomic E-state index is 0.0202. The van der Waals surface area contributed by atoms with E-state index in [1.807, 2.05) is 0 Å². The topological polar surface area (TPSA) is 83.3 Å². The normalized spacial score (nSPS) is 14.7. The molecule has 0 spiro atoms. The number of carbonyl (C=O) groups is 1. The largest absolute Gasteiger partial charge is 0.479 e. The Bertz CT molecular complexity index is 316. The van der Waals surface area contributed by atoms with Crippen molar-refractivity contribution >= 4 is 17.7 Å². The zero-order valence-corrected chi connectivity index (χ0v) is 8.36. The molecule has 0 fully saturated rings. The molecule has 2 N–H and O–H groups in total. The summed E-state index contributed by atoms with van der Waals surface area (Å²) in [6.07, 6.45) is 3.12. The monoisotopic (exact) mass is 214 g/mol. The van der Waals surface area contributed by atoms with E-state index in [2.05, 4.69) is 9.97 Å². The second kappa shape index (κ2) is 4.39. The SMILES string of the molecule is CC(O)(CSc1ncccn1)C(=O)O. The smallest absolute Gasteiger partial charge is 0.336 e. The summed E-state index contributed by atoms with van der Waals surface area (Å²) in [5, 5.41) is 18.4. The van der Waals surface area contributed by atoms with Crippen molar-refractivity contribution < 1.29 is 15.0 Å². The maximum atomic E-state index is 10.5. The summed E-state index contributed by atoms with van der Waals surface area (Å²) in [5.74, 6) is -1.23. The highest BCUT2D eigenvalue weighted by Crippen LogP contribution is 2.18. The lowest BCUT2D eigenvalue weighted by atomic mass is 10.1. The van der Waals surface area contributed by atoms with Gasteiger partial charge in [-0.2, -0.15) is 0 Å². The Morgan fingerprint density at radius 2 is 2.14 bits per heavy atom. The molecule has 1 heterocycles. The van der Waals surface area contributed by atoms with Gasteiger partial charge in [0.2, 0.25) is 0 Å². The standard InChI is InChI=1S/C8H10N2O3S/c1-8(13,6(11)12)5-14-7-9-3-2-4-10-7/h2-4,13H,5H2,1H3,(H,11,12). The zero-order valence-electron chi connectivity index (χ0n) is 7.54. The highest BCUT2D eigenvalue weighted by molar-refractivity contribution is 7.99. The molecule has 0 saturated heterocycles. The van der Waals surface area contributed by atoms with Crippen LogP contribution in [0.4, 0.5) is 0 Å². The molecular formula is C8H10N2O3S. The number of aromatic nitrogens is 2. The Morgan fingerprint density at radius 1 is 1.57 bits per heavy atom. The summed E-state index contributed by atoms with van der Waals surface area (Å²) in [5.41, 5.74) is -1.75. The van der Waals surface area contributed by atoms with Crippen LogP contribution in [-0.4, -0.2) is 37.5 Å². The molecule has 1 aromatic rings. The van der Waals surface area contributed by atoms with Gasteiger partial charge in [0.1, 0.15) is 0 Å². The number of aliphatic carboxylic acids is 1. The lowest BCUT2D eigenvalue weighted by Gasteiger charge is -2.15. The van der Waals surface area contributed by atoms with Crippen molar-refractivity contribution in [2.45, 2.75) is 17.7 Å². The fourth-order valence-corrected chi connectivity index (χ4v) is 1.43. The fourth-order valence-electron chi connectivity index (χ4n) is 0.627.